The Bertz CT molecular complexity index is 2430. The van der Waals surface area contributed by atoms with Crippen LogP contribution in [0, 0.1) is 29.6 Å². The summed E-state index contributed by atoms with van der Waals surface area (Å²) in [6.45, 7) is 20.6. The molecule has 0 unspecified atom stereocenters. The molecule has 2 saturated heterocycles. The zero-order valence-corrected chi connectivity index (χ0v) is 49.8. The van der Waals surface area contributed by atoms with Crippen LogP contribution < -0.4 is 16.0 Å². The number of rotatable bonds is 13. The lowest BCUT2D eigenvalue weighted by Gasteiger charge is -2.39. The molecule has 2 aromatic carbocycles. The molecule has 4 N–H and O–H groups in total. The molecule has 0 aliphatic carbocycles. The Balaban J connectivity index is 1.98. The number of hydrogen-bond donors (Lipinski definition) is 4. The van der Waals surface area contributed by atoms with Gasteiger partial charge in [0.1, 0.15) is 42.3 Å². The Morgan fingerprint density at radius 1 is 0.582 bits per heavy atom. The number of nitrogens with zero attached hydrogens (tertiary/aromatic N) is 5. The number of cyclic esters (lactones) is 1. The molecule has 4 rings (SSSR count). The molecule has 438 valence electrons. The van der Waals surface area contributed by atoms with Crippen LogP contribution in [0.1, 0.15) is 126 Å². The van der Waals surface area contributed by atoms with Gasteiger partial charge in [0.25, 0.3) is 5.91 Å². The fourth-order valence-corrected chi connectivity index (χ4v) is 11.0. The molecule has 0 spiro atoms. The first-order chi connectivity index (χ1) is 37.0. The van der Waals surface area contributed by atoms with Crippen molar-refractivity contribution in [2.24, 2.45) is 29.6 Å². The summed E-state index contributed by atoms with van der Waals surface area (Å²) in [5.74, 6) is -8.65. The molecule has 0 radical (unpaired) electrons. The normalized spacial score (nSPS) is 26.5. The minimum atomic E-state index is -1.97. The van der Waals surface area contributed by atoms with Crippen molar-refractivity contribution in [3.05, 3.63) is 71.8 Å². The highest BCUT2D eigenvalue weighted by Crippen LogP contribution is 2.27. The molecule has 2 heterocycles. The van der Waals surface area contributed by atoms with Gasteiger partial charge in [0.15, 0.2) is 12.1 Å². The maximum absolute atomic E-state index is 15.3. The quantitative estimate of drug-likeness (QED) is 0.206. The highest BCUT2D eigenvalue weighted by molar-refractivity contribution is 5.99. The molecule has 19 heteroatoms. The molecule has 2 fully saturated rings. The number of likely N-dealkylation sites (N-methyl/N-ethyl adjacent to an activating group) is 4. The first-order valence-corrected chi connectivity index (χ1v) is 28.3. The zero-order chi connectivity index (χ0) is 59.4. The van der Waals surface area contributed by atoms with Crippen LogP contribution in [0.15, 0.2) is 60.7 Å². The zero-order valence-electron chi connectivity index (χ0n) is 49.8. The summed E-state index contributed by atoms with van der Waals surface area (Å²) in [4.78, 5) is 140. The van der Waals surface area contributed by atoms with E-state index in [1.165, 1.54) is 61.6 Å². The second-order valence-electron chi connectivity index (χ2n) is 23.7. The first kappa shape index (κ1) is 65.2. The van der Waals surface area contributed by atoms with Gasteiger partial charge in [-0.2, -0.15) is 0 Å². The van der Waals surface area contributed by atoms with Crippen molar-refractivity contribution < 1.29 is 53.0 Å². The van der Waals surface area contributed by atoms with Crippen molar-refractivity contribution in [2.75, 3.05) is 34.7 Å². The lowest BCUT2D eigenvalue weighted by atomic mass is 9.93. The number of aliphatic hydroxyl groups is 1. The molecule has 2 aliphatic rings. The van der Waals surface area contributed by atoms with Gasteiger partial charge in [-0.15, -0.1) is 0 Å². The molecule has 0 bridgehead atoms. The molecule has 2 aliphatic heterocycles. The standard InChI is InChI=1S/C60H92N8O11/c1-17-38(9)46-57(75)65(14)47(36(5)6)52(70)61-42(32-35(3)4)55(73)67(16)50(60(11,12)78)59(77)79-49(39(10)18-2)58(76)66(15)48(37(7)8)53(71)62-43(33-40-26-21-19-22-27-40)54(72)64(13)45(34-41-28-23-20-24-29-41)56(74)68-31-25-30-44(68)51(69)63-46/h19-24,26-29,35-39,42-50,78H,17-18,25,30-34H2,1-16H3,(H,61,70)(H,62,71)(H,63,69)/t38-,39-,42+,43+,44+,45+,46+,47+,48+,49+,50-/m1/s1. The third-order valence-corrected chi connectivity index (χ3v) is 15.8. The molecule has 0 aromatic heterocycles. The Morgan fingerprint density at radius 2 is 1.06 bits per heavy atom. The number of benzene rings is 2. The Labute approximate surface area is 469 Å². The van der Waals surface area contributed by atoms with Crippen LogP contribution in [0.2, 0.25) is 0 Å². The minimum absolute atomic E-state index is 0.00676. The SMILES string of the molecule is CC[C@@H](C)[C@@H]1NC(=O)[C@@H]2CCCN2C(=O)[C@H](Cc2ccccc2)N(C)C(=O)[C@H](Cc2ccccc2)NC(=O)[C@H](C(C)C)N(C)C(=O)[C@H]([C@H](C)CC)OC(=O)[C@H](C(C)(C)O)N(C)C(=O)[C@H](CC(C)C)NC(=O)[C@H](C(C)C)N(C)C1=O. The molecule has 0 saturated carbocycles. The molecule has 11 atom stereocenters. The molecule has 2 aromatic rings. The average molecular weight is 1100 g/mol. The smallest absolute Gasteiger partial charge is 0.332 e. The van der Waals surface area contributed by atoms with Crippen LogP contribution in [0.25, 0.3) is 0 Å². The predicted molar refractivity (Wildman–Crippen MR) is 301 cm³/mol. The van der Waals surface area contributed by atoms with Gasteiger partial charge in [-0.1, -0.05) is 136 Å². The predicted octanol–water partition coefficient (Wildman–Crippen LogP) is 4.37. The second-order valence-corrected chi connectivity index (χ2v) is 23.7. The Kier molecular flexibility index (Phi) is 23.6. The molecular formula is C60H92N8O11. The fraction of sp³-hybridized carbons (Fsp3) is 0.650. The van der Waals surface area contributed by atoms with Crippen LogP contribution in [0.5, 0.6) is 0 Å². The summed E-state index contributed by atoms with van der Waals surface area (Å²) in [5.41, 5.74) is -0.551. The van der Waals surface area contributed by atoms with Crippen LogP contribution in [0.3, 0.4) is 0 Å². The molecular weight excluding hydrogens is 1010 g/mol. The Hall–Kier alpha value is -6.37. The van der Waals surface area contributed by atoms with Gasteiger partial charge in [-0.25, -0.2) is 4.79 Å². The van der Waals surface area contributed by atoms with E-state index < -0.39 is 137 Å². The monoisotopic (exact) mass is 1100 g/mol. The average Bonchev–Trinajstić information content (AvgIpc) is 3.89. The van der Waals surface area contributed by atoms with E-state index in [0.717, 1.165) is 10.5 Å². The largest absolute Gasteiger partial charge is 0.450 e. The van der Waals surface area contributed by atoms with Crippen molar-refractivity contribution in [1.82, 2.24) is 40.4 Å². The summed E-state index contributed by atoms with van der Waals surface area (Å²) < 4.78 is 6.09. The van der Waals surface area contributed by atoms with E-state index in [1.54, 1.807) is 72.7 Å². The van der Waals surface area contributed by atoms with Crippen molar-refractivity contribution in [1.29, 1.82) is 0 Å². The number of carbonyl (C=O) groups is 9. The summed E-state index contributed by atoms with van der Waals surface area (Å²) in [6, 6.07) is 8.11. The van der Waals surface area contributed by atoms with E-state index in [1.807, 2.05) is 57.2 Å². The third-order valence-electron chi connectivity index (χ3n) is 15.8. The van der Waals surface area contributed by atoms with Crippen LogP contribution in [0.4, 0.5) is 0 Å². The van der Waals surface area contributed by atoms with Crippen molar-refractivity contribution in [3.8, 4) is 0 Å². The van der Waals surface area contributed by atoms with E-state index in [4.69, 9.17) is 4.74 Å². The first-order valence-electron chi connectivity index (χ1n) is 28.3. The topological polar surface area (TPSA) is 235 Å². The summed E-state index contributed by atoms with van der Waals surface area (Å²) in [7, 11) is 5.67. The highest BCUT2D eigenvalue weighted by atomic mass is 16.6. The number of esters is 1. The van der Waals surface area contributed by atoms with E-state index in [-0.39, 0.29) is 38.1 Å². The van der Waals surface area contributed by atoms with Crippen molar-refractivity contribution in [2.45, 2.75) is 188 Å². The third kappa shape index (κ3) is 16.4. The maximum atomic E-state index is 15.3. The van der Waals surface area contributed by atoms with E-state index >= 15 is 9.59 Å². The molecule has 8 amide bonds. The lowest BCUT2D eigenvalue weighted by Crippen LogP contribution is -2.63. The summed E-state index contributed by atoms with van der Waals surface area (Å²) >= 11 is 0. The van der Waals surface area contributed by atoms with Gasteiger partial charge in [0, 0.05) is 53.5 Å². The van der Waals surface area contributed by atoms with Gasteiger partial charge in [-0.3, -0.25) is 38.4 Å². The maximum Gasteiger partial charge on any atom is 0.332 e. The number of fused-ring (bicyclic) bond motifs is 1. The minimum Gasteiger partial charge on any atom is -0.450 e. The van der Waals surface area contributed by atoms with Gasteiger partial charge < -0.3 is 50.3 Å². The fourth-order valence-electron chi connectivity index (χ4n) is 11.0. The van der Waals surface area contributed by atoms with Gasteiger partial charge in [-0.05, 0) is 74.3 Å². The van der Waals surface area contributed by atoms with E-state index in [9.17, 15) is 38.7 Å². The van der Waals surface area contributed by atoms with E-state index in [2.05, 4.69) is 16.0 Å². The van der Waals surface area contributed by atoms with Gasteiger partial charge in [0.2, 0.25) is 41.4 Å². The van der Waals surface area contributed by atoms with Gasteiger partial charge in [0.05, 0.1) is 5.60 Å². The van der Waals surface area contributed by atoms with Gasteiger partial charge >= 0.3 is 5.97 Å². The Morgan fingerprint density at radius 3 is 1.54 bits per heavy atom. The van der Waals surface area contributed by atoms with Crippen molar-refractivity contribution in [3.63, 3.8) is 0 Å². The highest BCUT2D eigenvalue weighted by Gasteiger charge is 2.48. The van der Waals surface area contributed by atoms with Crippen LogP contribution >= 0.6 is 0 Å². The number of ether oxygens (including phenoxy) is 1. The van der Waals surface area contributed by atoms with Crippen molar-refractivity contribution >= 4 is 53.2 Å². The van der Waals surface area contributed by atoms with E-state index in [0.29, 0.717) is 24.8 Å². The van der Waals surface area contributed by atoms with Crippen LogP contribution in [-0.2, 0) is 60.7 Å². The number of amides is 8. The lowest BCUT2D eigenvalue weighted by molar-refractivity contribution is -0.177. The molecule has 19 nitrogen and oxygen atoms in total. The molecule has 79 heavy (non-hydrogen) atoms. The summed E-state index contributed by atoms with van der Waals surface area (Å²) in [5, 5.41) is 20.5. The number of carbonyl (C=O) groups excluding carboxylic acids is 9. The number of hydrogen-bond acceptors (Lipinski definition) is 11. The second kappa shape index (κ2) is 28.7. The summed E-state index contributed by atoms with van der Waals surface area (Å²) in [6.07, 6.45) is 0.101. The number of nitrogens with one attached hydrogen (secondary N) is 3. The van der Waals surface area contributed by atoms with Crippen LogP contribution in [-0.4, -0.2) is 178 Å².